The number of hydrogen-bond donors (Lipinski definition) is 0. The van der Waals surface area contributed by atoms with Gasteiger partial charge in [0.25, 0.3) is 0 Å². The summed E-state index contributed by atoms with van der Waals surface area (Å²) in [7, 11) is -2.97. The minimum atomic E-state index is -2.97. The molecule has 0 aromatic carbocycles. The summed E-state index contributed by atoms with van der Waals surface area (Å²) in [6, 6.07) is 0.566. The molecule has 0 aromatic heterocycles. The molecule has 1 aliphatic rings. The van der Waals surface area contributed by atoms with Crippen LogP contribution in [0.1, 0.15) is 27.2 Å². The van der Waals surface area contributed by atoms with E-state index < -0.39 is 10.0 Å². The second-order valence-electron chi connectivity index (χ2n) is 4.09. The normalized spacial score (nSPS) is 22.9. The van der Waals surface area contributed by atoms with E-state index in [0.717, 1.165) is 19.5 Å². The topological polar surface area (TPSA) is 40.6 Å². The maximum atomic E-state index is 11.6. The van der Waals surface area contributed by atoms with E-state index in [9.17, 15) is 8.42 Å². The SMILES string of the molecule is CC[C@H](C)N1CCN(S(=O)(=O)CC)CC1. The van der Waals surface area contributed by atoms with Crippen LogP contribution in [0.5, 0.6) is 0 Å². The number of sulfonamides is 1. The van der Waals surface area contributed by atoms with Gasteiger partial charge in [-0.05, 0) is 20.3 Å². The molecular formula is C10H22N2O2S. The van der Waals surface area contributed by atoms with Crippen molar-refractivity contribution in [3.05, 3.63) is 0 Å². The van der Waals surface area contributed by atoms with Crippen molar-refractivity contribution in [2.45, 2.75) is 33.2 Å². The van der Waals surface area contributed by atoms with E-state index >= 15 is 0 Å². The molecule has 4 nitrogen and oxygen atoms in total. The van der Waals surface area contributed by atoms with Crippen LogP contribution in [0.25, 0.3) is 0 Å². The number of hydrogen-bond acceptors (Lipinski definition) is 3. The lowest BCUT2D eigenvalue weighted by atomic mass is 10.2. The molecule has 0 aromatic rings. The fourth-order valence-electron chi connectivity index (χ4n) is 1.86. The summed E-state index contributed by atoms with van der Waals surface area (Å²) < 4.78 is 24.8. The minimum absolute atomic E-state index is 0.219. The van der Waals surface area contributed by atoms with Crippen molar-refractivity contribution < 1.29 is 8.42 Å². The molecule has 1 heterocycles. The van der Waals surface area contributed by atoms with Crippen molar-refractivity contribution in [1.29, 1.82) is 0 Å². The van der Waals surface area contributed by atoms with E-state index in [1.165, 1.54) is 0 Å². The average molecular weight is 234 g/mol. The Morgan fingerprint density at radius 3 is 2.07 bits per heavy atom. The van der Waals surface area contributed by atoms with Gasteiger partial charge in [-0.15, -0.1) is 0 Å². The van der Waals surface area contributed by atoms with Gasteiger partial charge in [-0.3, -0.25) is 4.90 Å². The minimum Gasteiger partial charge on any atom is -0.298 e. The van der Waals surface area contributed by atoms with Gasteiger partial charge in [0.15, 0.2) is 0 Å². The Hall–Kier alpha value is -0.130. The van der Waals surface area contributed by atoms with Gasteiger partial charge in [0.2, 0.25) is 10.0 Å². The predicted octanol–water partition coefficient (Wildman–Crippen LogP) is 0.752. The van der Waals surface area contributed by atoms with Gasteiger partial charge in [-0.1, -0.05) is 6.92 Å². The van der Waals surface area contributed by atoms with Crippen molar-refractivity contribution in [2.24, 2.45) is 0 Å². The summed E-state index contributed by atoms with van der Waals surface area (Å²) >= 11 is 0. The number of nitrogens with zero attached hydrogens (tertiary/aromatic N) is 2. The molecule has 0 aliphatic carbocycles. The van der Waals surface area contributed by atoms with Crippen molar-refractivity contribution >= 4 is 10.0 Å². The maximum absolute atomic E-state index is 11.6. The first-order chi connectivity index (χ1) is 7.01. The van der Waals surface area contributed by atoms with Gasteiger partial charge in [-0.2, -0.15) is 4.31 Å². The van der Waals surface area contributed by atoms with Gasteiger partial charge in [0, 0.05) is 32.2 Å². The van der Waals surface area contributed by atoms with Gasteiger partial charge < -0.3 is 0 Å². The summed E-state index contributed by atoms with van der Waals surface area (Å²) in [5.74, 6) is 0.219. The van der Waals surface area contributed by atoms with Crippen molar-refractivity contribution in [3.63, 3.8) is 0 Å². The second-order valence-corrected chi connectivity index (χ2v) is 6.35. The summed E-state index contributed by atoms with van der Waals surface area (Å²) in [6.45, 7) is 9.11. The molecule has 1 atom stereocenters. The fourth-order valence-corrected chi connectivity index (χ4v) is 2.95. The molecule has 1 fully saturated rings. The van der Waals surface area contributed by atoms with Crippen LogP contribution in [0.3, 0.4) is 0 Å². The Kier molecular flexibility index (Phi) is 4.55. The number of rotatable bonds is 4. The van der Waals surface area contributed by atoms with Gasteiger partial charge in [0.05, 0.1) is 5.75 Å². The van der Waals surface area contributed by atoms with Crippen LogP contribution in [0.4, 0.5) is 0 Å². The Morgan fingerprint density at radius 1 is 1.13 bits per heavy atom. The Morgan fingerprint density at radius 2 is 1.67 bits per heavy atom. The highest BCUT2D eigenvalue weighted by atomic mass is 32.2. The van der Waals surface area contributed by atoms with Crippen molar-refractivity contribution in [3.8, 4) is 0 Å². The molecule has 0 spiro atoms. The molecule has 0 unspecified atom stereocenters. The molecule has 15 heavy (non-hydrogen) atoms. The third-order valence-corrected chi connectivity index (χ3v) is 5.13. The van der Waals surface area contributed by atoms with Crippen LogP contribution in [-0.4, -0.2) is 55.6 Å². The van der Waals surface area contributed by atoms with E-state index in [2.05, 4.69) is 18.7 Å². The van der Waals surface area contributed by atoms with Crippen LogP contribution in [0, 0.1) is 0 Å². The van der Waals surface area contributed by atoms with Crippen molar-refractivity contribution in [1.82, 2.24) is 9.21 Å². The van der Waals surface area contributed by atoms with Crippen LogP contribution in [-0.2, 0) is 10.0 Å². The average Bonchev–Trinajstić information content (AvgIpc) is 2.28. The van der Waals surface area contributed by atoms with E-state index in [1.54, 1.807) is 11.2 Å². The van der Waals surface area contributed by atoms with Gasteiger partial charge >= 0.3 is 0 Å². The molecule has 0 radical (unpaired) electrons. The second kappa shape index (κ2) is 5.27. The molecule has 5 heteroatoms. The Bertz CT molecular complexity index is 282. The molecule has 0 saturated carbocycles. The molecule has 1 saturated heterocycles. The molecule has 0 bridgehead atoms. The zero-order valence-electron chi connectivity index (χ0n) is 9.94. The molecule has 0 amide bonds. The summed E-state index contributed by atoms with van der Waals surface area (Å²) in [6.07, 6.45) is 1.13. The van der Waals surface area contributed by atoms with E-state index in [4.69, 9.17) is 0 Å². The zero-order chi connectivity index (χ0) is 11.5. The van der Waals surface area contributed by atoms with Crippen molar-refractivity contribution in [2.75, 3.05) is 31.9 Å². The van der Waals surface area contributed by atoms with E-state index in [-0.39, 0.29) is 5.75 Å². The van der Waals surface area contributed by atoms with Crippen LogP contribution in [0.15, 0.2) is 0 Å². The lowest BCUT2D eigenvalue weighted by Gasteiger charge is -2.37. The van der Waals surface area contributed by atoms with Crippen LogP contribution >= 0.6 is 0 Å². The van der Waals surface area contributed by atoms with Crippen LogP contribution < -0.4 is 0 Å². The standard InChI is InChI=1S/C10H22N2O2S/c1-4-10(3)11-6-8-12(9-7-11)15(13,14)5-2/h10H,4-9H2,1-3H3/t10-/m0/s1. The fraction of sp³-hybridized carbons (Fsp3) is 1.00. The summed E-state index contributed by atoms with van der Waals surface area (Å²) in [4.78, 5) is 2.36. The highest BCUT2D eigenvalue weighted by Crippen LogP contribution is 2.11. The first-order valence-corrected chi connectivity index (χ1v) is 7.34. The first kappa shape index (κ1) is 12.9. The highest BCUT2D eigenvalue weighted by molar-refractivity contribution is 7.89. The molecule has 90 valence electrons. The first-order valence-electron chi connectivity index (χ1n) is 5.73. The largest absolute Gasteiger partial charge is 0.298 e. The monoisotopic (exact) mass is 234 g/mol. The van der Waals surface area contributed by atoms with Gasteiger partial charge in [0.1, 0.15) is 0 Å². The summed E-state index contributed by atoms with van der Waals surface area (Å²) in [5.41, 5.74) is 0. The third kappa shape index (κ3) is 3.16. The molecule has 1 rings (SSSR count). The van der Waals surface area contributed by atoms with E-state index in [1.807, 2.05) is 0 Å². The Labute approximate surface area is 93.3 Å². The summed E-state index contributed by atoms with van der Waals surface area (Å²) in [5, 5.41) is 0. The lowest BCUT2D eigenvalue weighted by molar-refractivity contribution is 0.143. The third-order valence-electron chi connectivity index (χ3n) is 3.25. The quantitative estimate of drug-likeness (QED) is 0.721. The van der Waals surface area contributed by atoms with Gasteiger partial charge in [-0.25, -0.2) is 8.42 Å². The maximum Gasteiger partial charge on any atom is 0.213 e. The highest BCUT2D eigenvalue weighted by Gasteiger charge is 2.26. The molecular weight excluding hydrogens is 212 g/mol. The zero-order valence-corrected chi connectivity index (χ0v) is 10.8. The molecule has 1 aliphatic heterocycles. The van der Waals surface area contributed by atoms with Crippen LogP contribution in [0.2, 0.25) is 0 Å². The smallest absolute Gasteiger partial charge is 0.213 e. The lowest BCUT2D eigenvalue weighted by Crippen LogP contribution is -2.51. The number of piperazine rings is 1. The predicted molar refractivity (Wildman–Crippen MR) is 62.4 cm³/mol. The van der Waals surface area contributed by atoms with E-state index in [0.29, 0.717) is 19.1 Å². The molecule has 0 N–H and O–H groups in total. The Balaban J connectivity index is 2.49.